The van der Waals surface area contributed by atoms with Crippen molar-refractivity contribution in [2.75, 3.05) is 0 Å². The van der Waals surface area contributed by atoms with Crippen LogP contribution in [0.4, 0.5) is 4.39 Å². The summed E-state index contributed by atoms with van der Waals surface area (Å²) in [7, 11) is 0. The van der Waals surface area contributed by atoms with E-state index in [4.69, 9.17) is 8.94 Å². The second-order valence-corrected chi connectivity index (χ2v) is 4.64. The molecule has 0 spiro atoms. The van der Waals surface area contributed by atoms with Gasteiger partial charge < -0.3 is 14.3 Å². The van der Waals surface area contributed by atoms with E-state index >= 15 is 0 Å². The normalized spacial score (nSPS) is 10.6. The first-order valence-corrected chi connectivity index (χ1v) is 6.54. The number of furan rings is 1. The average Bonchev–Trinajstić information content (AvgIpc) is 3.18. The topological polar surface area (TPSA) is 81.2 Å². The molecule has 0 bridgehead atoms. The van der Waals surface area contributed by atoms with Crippen molar-refractivity contribution in [2.24, 2.45) is 0 Å². The summed E-state index contributed by atoms with van der Waals surface area (Å²) in [6.45, 7) is 1.70. The largest absolute Gasteiger partial charge is 0.459 e. The van der Waals surface area contributed by atoms with E-state index in [1.165, 1.54) is 12.3 Å². The van der Waals surface area contributed by atoms with E-state index in [9.17, 15) is 9.18 Å². The first kappa shape index (κ1) is 14.0. The number of aryl methyl sites for hydroxylation is 1. The first-order valence-electron chi connectivity index (χ1n) is 6.54. The van der Waals surface area contributed by atoms with Crippen LogP contribution in [-0.4, -0.2) is 16.0 Å². The fourth-order valence-electron chi connectivity index (χ4n) is 1.82. The quantitative estimate of drug-likeness (QED) is 0.801. The third-order valence-corrected chi connectivity index (χ3v) is 3.04. The van der Waals surface area contributed by atoms with Crippen molar-refractivity contribution in [3.05, 3.63) is 59.4 Å². The summed E-state index contributed by atoms with van der Waals surface area (Å²) >= 11 is 0. The van der Waals surface area contributed by atoms with Gasteiger partial charge >= 0.3 is 0 Å². The monoisotopic (exact) mass is 301 g/mol. The lowest BCUT2D eigenvalue weighted by Gasteiger charge is -2.03. The van der Waals surface area contributed by atoms with Gasteiger partial charge in [0, 0.05) is 5.56 Å². The summed E-state index contributed by atoms with van der Waals surface area (Å²) < 4.78 is 23.6. The molecule has 7 heteroatoms. The van der Waals surface area contributed by atoms with E-state index in [2.05, 4.69) is 15.5 Å². The molecule has 1 aromatic carbocycles. The molecule has 0 aliphatic rings. The number of carbonyl (C=O) groups excluding carboxylic acids is 1. The molecule has 0 saturated carbocycles. The van der Waals surface area contributed by atoms with Gasteiger partial charge in [0.15, 0.2) is 11.6 Å². The Bertz CT molecular complexity index is 796. The van der Waals surface area contributed by atoms with Gasteiger partial charge in [-0.2, -0.15) is 4.98 Å². The molecule has 0 aliphatic carbocycles. The zero-order chi connectivity index (χ0) is 15.5. The maximum absolute atomic E-state index is 13.4. The minimum Gasteiger partial charge on any atom is -0.459 e. The molecular weight excluding hydrogens is 289 g/mol. The Kier molecular flexibility index (Phi) is 3.69. The Labute approximate surface area is 124 Å². The Morgan fingerprint density at radius 2 is 2.23 bits per heavy atom. The smallest absolute Gasteiger partial charge is 0.293 e. The Morgan fingerprint density at radius 1 is 1.36 bits per heavy atom. The number of amides is 1. The first-order chi connectivity index (χ1) is 10.6. The fourth-order valence-corrected chi connectivity index (χ4v) is 1.82. The van der Waals surface area contributed by atoms with Crippen molar-refractivity contribution in [1.82, 2.24) is 15.5 Å². The van der Waals surface area contributed by atoms with Gasteiger partial charge in [-0.05, 0) is 36.8 Å². The van der Waals surface area contributed by atoms with Crippen molar-refractivity contribution < 1.29 is 18.1 Å². The molecule has 112 valence electrons. The highest BCUT2D eigenvalue weighted by Gasteiger charge is 2.13. The zero-order valence-electron chi connectivity index (χ0n) is 11.7. The summed E-state index contributed by atoms with van der Waals surface area (Å²) in [4.78, 5) is 16.0. The molecule has 3 aromatic rings. The van der Waals surface area contributed by atoms with Crippen LogP contribution >= 0.6 is 0 Å². The maximum atomic E-state index is 13.4. The number of aromatic nitrogens is 2. The molecule has 0 aliphatic heterocycles. The van der Waals surface area contributed by atoms with Crippen LogP contribution in [0, 0.1) is 12.7 Å². The van der Waals surface area contributed by atoms with E-state index < -0.39 is 11.7 Å². The molecule has 0 saturated heterocycles. The molecular formula is C15H12FN3O3. The van der Waals surface area contributed by atoms with Crippen LogP contribution in [0.3, 0.4) is 0 Å². The van der Waals surface area contributed by atoms with E-state index in [0.717, 1.165) is 0 Å². The van der Waals surface area contributed by atoms with Gasteiger partial charge in [-0.15, -0.1) is 0 Å². The molecule has 2 aromatic heterocycles. The highest BCUT2D eigenvalue weighted by molar-refractivity contribution is 5.94. The molecule has 3 rings (SSSR count). The molecule has 6 nitrogen and oxygen atoms in total. The third-order valence-electron chi connectivity index (χ3n) is 3.04. The van der Waals surface area contributed by atoms with Crippen LogP contribution in [0.1, 0.15) is 21.7 Å². The number of benzene rings is 1. The highest BCUT2D eigenvalue weighted by atomic mass is 19.1. The second-order valence-electron chi connectivity index (χ2n) is 4.64. The minimum absolute atomic E-state index is 0.0680. The molecule has 0 unspecified atom stereocenters. The van der Waals surface area contributed by atoms with Gasteiger partial charge in [-0.1, -0.05) is 11.2 Å². The SMILES string of the molecule is Cc1ccc(C(=O)NCc2noc(-c3ccco3)n2)cc1F. The van der Waals surface area contributed by atoms with Crippen LogP contribution in [0.15, 0.2) is 45.5 Å². The Balaban J connectivity index is 1.65. The number of hydrogen-bond donors (Lipinski definition) is 1. The molecule has 0 fully saturated rings. The number of nitrogens with zero attached hydrogens (tertiary/aromatic N) is 2. The molecule has 1 N–H and O–H groups in total. The lowest BCUT2D eigenvalue weighted by Crippen LogP contribution is -2.23. The second kappa shape index (κ2) is 5.80. The summed E-state index contributed by atoms with van der Waals surface area (Å²) in [5.41, 5.74) is 0.718. The predicted molar refractivity (Wildman–Crippen MR) is 74.3 cm³/mol. The van der Waals surface area contributed by atoms with Crippen LogP contribution in [0.2, 0.25) is 0 Å². The minimum atomic E-state index is -0.424. The highest BCUT2D eigenvalue weighted by Crippen LogP contribution is 2.17. The van der Waals surface area contributed by atoms with Gasteiger partial charge in [0.2, 0.25) is 0 Å². The summed E-state index contributed by atoms with van der Waals surface area (Å²) in [6.07, 6.45) is 1.49. The van der Waals surface area contributed by atoms with Gasteiger partial charge in [0.05, 0.1) is 12.8 Å². The van der Waals surface area contributed by atoms with E-state index in [1.54, 1.807) is 31.2 Å². The van der Waals surface area contributed by atoms with Crippen molar-refractivity contribution in [3.63, 3.8) is 0 Å². The zero-order valence-corrected chi connectivity index (χ0v) is 11.7. The number of carbonyl (C=O) groups is 1. The lowest BCUT2D eigenvalue weighted by atomic mass is 10.1. The van der Waals surface area contributed by atoms with E-state index in [-0.39, 0.29) is 18.0 Å². The molecule has 0 atom stereocenters. The summed E-state index contributed by atoms with van der Waals surface area (Å²) in [5, 5.41) is 6.33. The predicted octanol–water partition coefficient (Wildman–Crippen LogP) is 2.71. The number of nitrogens with one attached hydrogen (secondary N) is 1. The number of hydrogen-bond acceptors (Lipinski definition) is 5. The molecule has 0 radical (unpaired) electrons. The van der Waals surface area contributed by atoms with E-state index in [0.29, 0.717) is 17.1 Å². The van der Waals surface area contributed by atoms with Crippen molar-refractivity contribution in [3.8, 4) is 11.7 Å². The van der Waals surface area contributed by atoms with Crippen LogP contribution in [-0.2, 0) is 6.54 Å². The van der Waals surface area contributed by atoms with Crippen molar-refractivity contribution >= 4 is 5.91 Å². The van der Waals surface area contributed by atoms with Crippen molar-refractivity contribution in [1.29, 1.82) is 0 Å². The van der Waals surface area contributed by atoms with Crippen LogP contribution in [0.25, 0.3) is 11.7 Å². The average molecular weight is 301 g/mol. The summed E-state index contributed by atoms with van der Waals surface area (Å²) in [5.74, 6) is 0.143. The molecule has 22 heavy (non-hydrogen) atoms. The van der Waals surface area contributed by atoms with Gasteiger partial charge in [0.25, 0.3) is 11.8 Å². The number of rotatable bonds is 4. The van der Waals surface area contributed by atoms with Crippen molar-refractivity contribution in [2.45, 2.75) is 13.5 Å². The Hall–Kier alpha value is -2.96. The van der Waals surface area contributed by atoms with E-state index in [1.807, 2.05) is 0 Å². The standard InChI is InChI=1S/C15H12FN3O3/c1-9-4-5-10(7-11(9)16)14(20)17-8-13-18-15(22-19-13)12-3-2-6-21-12/h2-7H,8H2,1H3,(H,17,20). The van der Waals surface area contributed by atoms with Crippen LogP contribution in [0.5, 0.6) is 0 Å². The molecule has 1 amide bonds. The fraction of sp³-hybridized carbons (Fsp3) is 0.133. The van der Waals surface area contributed by atoms with Gasteiger partial charge in [-0.25, -0.2) is 4.39 Å². The van der Waals surface area contributed by atoms with Gasteiger partial charge in [-0.3, -0.25) is 4.79 Å². The Morgan fingerprint density at radius 3 is 2.95 bits per heavy atom. The van der Waals surface area contributed by atoms with Crippen LogP contribution < -0.4 is 5.32 Å². The summed E-state index contributed by atoms with van der Waals surface area (Å²) in [6, 6.07) is 7.68. The number of halogens is 1. The lowest BCUT2D eigenvalue weighted by molar-refractivity contribution is 0.0949. The maximum Gasteiger partial charge on any atom is 0.293 e. The molecule has 2 heterocycles. The third kappa shape index (κ3) is 2.88. The van der Waals surface area contributed by atoms with Gasteiger partial charge in [0.1, 0.15) is 5.82 Å².